The summed E-state index contributed by atoms with van der Waals surface area (Å²) in [4.78, 5) is 26.0. The number of ether oxygens (including phenoxy) is 2. The van der Waals surface area contributed by atoms with Crippen LogP contribution in [0.3, 0.4) is 0 Å². The predicted octanol–water partition coefficient (Wildman–Crippen LogP) is 3.60. The van der Waals surface area contributed by atoms with Crippen molar-refractivity contribution < 1.29 is 14.3 Å². The zero-order valence-corrected chi connectivity index (χ0v) is 22.1. The van der Waals surface area contributed by atoms with Crippen LogP contribution in [0.15, 0.2) is 77.6 Å². The van der Waals surface area contributed by atoms with Crippen LogP contribution in [0.25, 0.3) is 16.7 Å². The lowest BCUT2D eigenvalue weighted by Gasteiger charge is -2.12. The number of fused-ring (bicyclic) bond motifs is 3. The summed E-state index contributed by atoms with van der Waals surface area (Å²) in [6.45, 7) is 0.975. The second kappa shape index (κ2) is 11.8. The Balaban J connectivity index is 1.29. The third-order valence-electron chi connectivity index (χ3n) is 6.80. The highest BCUT2D eigenvalue weighted by atomic mass is 16.5. The van der Waals surface area contributed by atoms with E-state index in [1.807, 2.05) is 77.2 Å². The summed E-state index contributed by atoms with van der Waals surface area (Å²) < 4.78 is 14.2. The molecule has 5 aromatic rings. The minimum Gasteiger partial charge on any atom is -0.493 e. The Morgan fingerprint density at radius 2 is 1.62 bits per heavy atom. The number of benzene rings is 3. The number of aryl methyl sites for hydroxylation is 3. The Morgan fingerprint density at radius 3 is 2.41 bits per heavy atom. The molecule has 39 heavy (non-hydrogen) atoms. The Hall–Kier alpha value is -4.66. The van der Waals surface area contributed by atoms with Gasteiger partial charge in [0.1, 0.15) is 5.82 Å². The van der Waals surface area contributed by atoms with E-state index in [0.717, 1.165) is 16.6 Å². The zero-order valence-electron chi connectivity index (χ0n) is 22.1. The van der Waals surface area contributed by atoms with Crippen molar-refractivity contribution in [2.75, 3.05) is 20.8 Å². The summed E-state index contributed by atoms with van der Waals surface area (Å²) in [5.74, 6) is 2.38. The smallest absolute Gasteiger partial charge is 0.262 e. The molecule has 200 valence electrons. The lowest BCUT2D eigenvalue weighted by Crippen LogP contribution is -2.26. The van der Waals surface area contributed by atoms with Crippen LogP contribution in [0.2, 0.25) is 0 Å². The lowest BCUT2D eigenvalue weighted by atomic mass is 10.1. The summed E-state index contributed by atoms with van der Waals surface area (Å²) in [5, 5.41) is 12.3. The van der Waals surface area contributed by atoms with Gasteiger partial charge in [-0.2, -0.15) is 0 Å². The maximum absolute atomic E-state index is 13.4. The van der Waals surface area contributed by atoms with Crippen molar-refractivity contribution >= 4 is 22.6 Å². The third kappa shape index (κ3) is 5.62. The highest BCUT2D eigenvalue weighted by Gasteiger charge is 2.17. The molecule has 2 aromatic heterocycles. The minimum atomic E-state index is -0.0964. The molecule has 0 saturated heterocycles. The number of methoxy groups -OCH3 is 2. The molecule has 9 heteroatoms. The average Bonchev–Trinajstić information content (AvgIpc) is 3.40. The lowest BCUT2D eigenvalue weighted by molar-refractivity contribution is -0.121. The van der Waals surface area contributed by atoms with Crippen LogP contribution < -0.4 is 20.3 Å². The molecule has 2 heterocycles. The summed E-state index contributed by atoms with van der Waals surface area (Å²) in [6.07, 6.45) is 2.01. The van der Waals surface area contributed by atoms with Crippen molar-refractivity contribution in [1.29, 1.82) is 0 Å². The first-order valence-corrected chi connectivity index (χ1v) is 13.0. The molecule has 0 aliphatic rings. The molecule has 1 N–H and O–H groups in total. The largest absolute Gasteiger partial charge is 0.493 e. The van der Waals surface area contributed by atoms with Crippen LogP contribution in [0.4, 0.5) is 0 Å². The van der Waals surface area contributed by atoms with Gasteiger partial charge in [-0.15, -0.1) is 10.2 Å². The van der Waals surface area contributed by atoms with Crippen LogP contribution in [0, 0.1) is 0 Å². The van der Waals surface area contributed by atoms with E-state index in [1.165, 1.54) is 0 Å². The number of carbonyl (C=O) groups is 1. The number of para-hydroxylation sites is 1. The molecular formula is C30H31N5O4. The molecule has 0 spiro atoms. The van der Waals surface area contributed by atoms with Crippen LogP contribution in [0.1, 0.15) is 23.4 Å². The highest BCUT2D eigenvalue weighted by molar-refractivity contribution is 5.80. The van der Waals surface area contributed by atoms with Gasteiger partial charge in [-0.3, -0.25) is 18.6 Å². The van der Waals surface area contributed by atoms with E-state index in [2.05, 4.69) is 15.5 Å². The summed E-state index contributed by atoms with van der Waals surface area (Å²) >= 11 is 0. The molecule has 0 radical (unpaired) electrons. The van der Waals surface area contributed by atoms with Crippen molar-refractivity contribution in [3.8, 4) is 11.5 Å². The number of nitrogens with one attached hydrogen (secondary N) is 1. The van der Waals surface area contributed by atoms with Crippen molar-refractivity contribution in [2.24, 2.45) is 0 Å². The van der Waals surface area contributed by atoms with Gasteiger partial charge in [0.2, 0.25) is 11.7 Å². The monoisotopic (exact) mass is 525 g/mol. The standard InChI is InChI=1S/C30H31N5O4/c1-38-25-13-12-22(20-26(25)39-2)16-18-31-28(36)15-14-27-32-33-30-34(19-17-21-8-4-3-5-9-21)29(37)23-10-6-7-11-24(23)35(27)30/h3-13,20H,14-19H2,1-2H3,(H,31,36). The fourth-order valence-electron chi connectivity index (χ4n) is 4.76. The Bertz CT molecular complexity index is 1660. The Kier molecular flexibility index (Phi) is 7.86. The van der Waals surface area contributed by atoms with Gasteiger partial charge in [0, 0.05) is 25.9 Å². The number of nitrogens with zero attached hydrogens (tertiary/aromatic N) is 4. The molecule has 0 bridgehead atoms. The predicted molar refractivity (Wildman–Crippen MR) is 149 cm³/mol. The van der Waals surface area contributed by atoms with E-state index < -0.39 is 0 Å². The van der Waals surface area contributed by atoms with E-state index in [9.17, 15) is 9.59 Å². The molecule has 3 aromatic carbocycles. The van der Waals surface area contributed by atoms with Gasteiger partial charge in [0.25, 0.3) is 5.56 Å². The van der Waals surface area contributed by atoms with Crippen LogP contribution in [-0.4, -0.2) is 45.8 Å². The number of amides is 1. The molecule has 0 atom stereocenters. The van der Waals surface area contributed by atoms with Gasteiger partial charge in [-0.1, -0.05) is 48.5 Å². The van der Waals surface area contributed by atoms with E-state index in [4.69, 9.17) is 9.47 Å². The molecule has 0 aliphatic heterocycles. The maximum Gasteiger partial charge on any atom is 0.262 e. The molecule has 0 saturated carbocycles. The first kappa shape index (κ1) is 26.0. The first-order chi connectivity index (χ1) is 19.1. The fourth-order valence-corrected chi connectivity index (χ4v) is 4.76. The van der Waals surface area contributed by atoms with Crippen molar-refractivity contribution in [2.45, 2.75) is 32.2 Å². The van der Waals surface area contributed by atoms with E-state index in [-0.39, 0.29) is 17.9 Å². The number of hydrogen-bond donors (Lipinski definition) is 1. The number of carbonyl (C=O) groups excluding carboxylic acids is 1. The van der Waals surface area contributed by atoms with Gasteiger partial charge in [-0.25, -0.2) is 0 Å². The second-order valence-electron chi connectivity index (χ2n) is 9.25. The number of hydrogen-bond acceptors (Lipinski definition) is 6. The van der Waals surface area contributed by atoms with E-state index >= 15 is 0 Å². The van der Waals surface area contributed by atoms with Crippen molar-refractivity contribution in [3.05, 3.63) is 100 Å². The normalized spacial score (nSPS) is 11.1. The minimum absolute atomic E-state index is 0.0751. The first-order valence-electron chi connectivity index (χ1n) is 13.0. The highest BCUT2D eigenvalue weighted by Crippen LogP contribution is 2.27. The van der Waals surface area contributed by atoms with Gasteiger partial charge >= 0.3 is 0 Å². The van der Waals surface area contributed by atoms with Gasteiger partial charge in [0.05, 0.1) is 25.1 Å². The summed E-state index contributed by atoms with van der Waals surface area (Å²) in [6, 6.07) is 23.2. The molecule has 1 amide bonds. The van der Waals surface area contributed by atoms with Gasteiger partial charge in [-0.05, 0) is 48.2 Å². The van der Waals surface area contributed by atoms with E-state index in [0.29, 0.717) is 60.8 Å². The zero-order chi connectivity index (χ0) is 27.2. The molecule has 0 fully saturated rings. The van der Waals surface area contributed by atoms with E-state index in [1.54, 1.807) is 18.8 Å². The van der Waals surface area contributed by atoms with Crippen LogP contribution in [-0.2, 0) is 30.6 Å². The fraction of sp³-hybridized carbons (Fsp3) is 0.267. The van der Waals surface area contributed by atoms with Crippen LogP contribution in [0.5, 0.6) is 11.5 Å². The number of rotatable bonds is 11. The second-order valence-corrected chi connectivity index (χ2v) is 9.25. The van der Waals surface area contributed by atoms with Gasteiger partial charge < -0.3 is 14.8 Å². The summed E-state index contributed by atoms with van der Waals surface area (Å²) in [7, 11) is 3.20. The average molecular weight is 526 g/mol. The number of aromatic nitrogens is 4. The SMILES string of the molecule is COc1ccc(CCNC(=O)CCc2nnc3n(CCc4ccccc4)c(=O)c4ccccc4n23)cc1OC. The molecule has 0 aliphatic carbocycles. The van der Waals surface area contributed by atoms with Crippen LogP contribution >= 0.6 is 0 Å². The van der Waals surface area contributed by atoms with Gasteiger partial charge in [0.15, 0.2) is 11.5 Å². The topological polar surface area (TPSA) is 99.7 Å². The quantitative estimate of drug-likeness (QED) is 0.283. The Morgan fingerprint density at radius 1 is 0.846 bits per heavy atom. The molecule has 0 unspecified atom stereocenters. The summed E-state index contributed by atoms with van der Waals surface area (Å²) in [5.41, 5.74) is 2.82. The van der Waals surface area contributed by atoms with Crippen molar-refractivity contribution in [3.63, 3.8) is 0 Å². The van der Waals surface area contributed by atoms with Crippen molar-refractivity contribution in [1.82, 2.24) is 24.5 Å². The Labute approximate surface area is 226 Å². The molecule has 9 nitrogen and oxygen atoms in total. The molecule has 5 rings (SSSR count). The molecular weight excluding hydrogens is 494 g/mol. The third-order valence-corrected chi connectivity index (χ3v) is 6.80. The maximum atomic E-state index is 13.4.